The van der Waals surface area contributed by atoms with Gasteiger partial charge in [0.15, 0.2) is 34.5 Å². The van der Waals surface area contributed by atoms with E-state index in [0.29, 0.717) is 27.5 Å². The number of aromatic nitrogens is 2. The average Bonchev–Trinajstić information content (AvgIpc) is 2.89. The van der Waals surface area contributed by atoms with E-state index >= 15 is 0 Å². The number of H-pyrrole nitrogens is 1. The lowest BCUT2D eigenvalue weighted by atomic mass is 10.1. The highest BCUT2D eigenvalue weighted by Crippen LogP contribution is 2.27. The molecule has 1 heterocycles. The van der Waals surface area contributed by atoms with Crippen molar-refractivity contribution in [3.05, 3.63) is 117 Å². The number of fused-ring (bicyclic) bond motifs is 3. The smallest absolute Gasteiger partial charge is 0.230 e. The molecule has 0 bridgehead atoms. The first-order valence-corrected chi connectivity index (χ1v) is 11.0. The van der Waals surface area contributed by atoms with Gasteiger partial charge in [-0.3, -0.25) is 9.59 Å². The van der Waals surface area contributed by atoms with E-state index < -0.39 is 47.0 Å². The Labute approximate surface area is 205 Å². The van der Waals surface area contributed by atoms with Crippen molar-refractivity contribution in [3.63, 3.8) is 0 Å². The zero-order chi connectivity index (χ0) is 26.3. The van der Waals surface area contributed by atoms with Gasteiger partial charge in [-0.1, -0.05) is 36.4 Å². The van der Waals surface area contributed by atoms with Crippen molar-refractivity contribution in [1.29, 1.82) is 0 Å². The van der Waals surface area contributed by atoms with Crippen molar-refractivity contribution >= 4 is 33.5 Å². The van der Waals surface area contributed by atoms with Gasteiger partial charge in [-0.25, -0.2) is 26.9 Å². The molecule has 10 heteroatoms. The predicted molar refractivity (Wildman–Crippen MR) is 128 cm³/mol. The number of anilines is 1. The number of hydrogen-bond acceptors (Lipinski definition) is 3. The van der Waals surface area contributed by atoms with Gasteiger partial charge >= 0.3 is 0 Å². The summed E-state index contributed by atoms with van der Waals surface area (Å²) in [6.45, 7) is 0. The predicted octanol–water partition coefficient (Wildman–Crippen LogP) is 5.54. The molecule has 37 heavy (non-hydrogen) atoms. The number of halogens is 5. The van der Waals surface area contributed by atoms with E-state index in [1.165, 1.54) is 12.1 Å². The van der Waals surface area contributed by atoms with Gasteiger partial charge in [0.1, 0.15) is 0 Å². The van der Waals surface area contributed by atoms with Crippen LogP contribution in [0, 0.1) is 29.1 Å². The van der Waals surface area contributed by atoms with E-state index in [4.69, 9.17) is 0 Å². The van der Waals surface area contributed by atoms with Crippen molar-refractivity contribution in [3.8, 4) is 0 Å². The number of aromatic amines is 1. The zero-order valence-electron chi connectivity index (χ0n) is 18.8. The minimum Gasteiger partial charge on any atom is -0.353 e. The summed E-state index contributed by atoms with van der Waals surface area (Å²) in [5.41, 5.74) is 0.847. The minimum absolute atomic E-state index is 0.0185. The minimum atomic E-state index is -2.30. The van der Waals surface area contributed by atoms with E-state index in [0.717, 1.165) is 5.56 Å². The van der Waals surface area contributed by atoms with Crippen LogP contribution in [-0.4, -0.2) is 15.9 Å². The Morgan fingerprint density at radius 3 is 2.22 bits per heavy atom. The summed E-state index contributed by atoms with van der Waals surface area (Å²) < 4.78 is 68.7. The van der Waals surface area contributed by atoms with Gasteiger partial charge in [0.25, 0.3) is 0 Å². The Morgan fingerprint density at radius 2 is 1.51 bits per heavy atom. The van der Waals surface area contributed by atoms with Crippen molar-refractivity contribution in [1.82, 2.24) is 9.97 Å². The van der Waals surface area contributed by atoms with E-state index in [1.807, 2.05) is 30.3 Å². The third-order valence-corrected chi connectivity index (χ3v) is 5.88. The highest BCUT2D eigenvalue weighted by Gasteiger charge is 2.27. The Balaban J connectivity index is 1.57. The van der Waals surface area contributed by atoms with Gasteiger partial charge < -0.3 is 10.3 Å². The molecule has 0 aliphatic rings. The van der Waals surface area contributed by atoms with Gasteiger partial charge in [-0.05, 0) is 35.2 Å². The number of nitrogens with one attached hydrogen (secondary N) is 2. The zero-order valence-corrected chi connectivity index (χ0v) is 18.8. The van der Waals surface area contributed by atoms with Crippen molar-refractivity contribution in [2.24, 2.45) is 0 Å². The number of carbonyl (C=O) groups excluding carboxylic acids is 1. The third kappa shape index (κ3) is 4.53. The number of nitrogens with zero attached hydrogens (tertiary/aromatic N) is 1. The van der Waals surface area contributed by atoms with Crippen LogP contribution in [0.3, 0.4) is 0 Å². The molecule has 5 rings (SSSR count). The molecule has 0 radical (unpaired) electrons. The fourth-order valence-corrected chi connectivity index (χ4v) is 4.09. The van der Waals surface area contributed by atoms with Crippen molar-refractivity contribution in [2.45, 2.75) is 12.8 Å². The number of carbonyl (C=O) groups is 1. The first-order valence-electron chi connectivity index (χ1n) is 11.0. The lowest BCUT2D eigenvalue weighted by molar-refractivity contribution is -0.115. The van der Waals surface area contributed by atoms with E-state index in [-0.39, 0.29) is 17.7 Å². The van der Waals surface area contributed by atoms with Crippen LogP contribution in [0.5, 0.6) is 0 Å². The topological polar surface area (TPSA) is 74.8 Å². The first kappa shape index (κ1) is 24.1. The van der Waals surface area contributed by atoms with Crippen LogP contribution >= 0.6 is 0 Å². The van der Waals surface area contributed by atoms with Crippen molar-refractivity contribution in [2.75, 3.05) is 5.32 Å². The molecule has 0 fully saturated rings. The molecule has 0 saturated carbocycles. The lowest BCUT2D eigenvalue weighted by Crippen LogP contribution is -2.20. The highest BCUT2D eigenvalue weighted by molar-refractivity contribution is 6.04. The summed E-state index contributed by atoms with van der Waals surface area (Å²) in [6.07, 6.45) is -0.849. The SMILES string of the molecule is O=C(Cc1c(F)c(F)c(F)c(F)c1F)Nc1nc2ccc3cc(=O)ccc3c2[nH]c1Cc1ccccc1. The van der Waals surface area contributed by atoms with Gasteiger partial charge in [0, 0.05) is 17.4 Å². The summed E-state index contributed by atoms with van der Waals surface area (Å²) >= 11 is 0. The summed E-state index contributed by atoms with van der Waals surface area (Å²) in [4.78, 5) is 32.2. The van der Waals surface area contributed by atoms with Gasteiger partial charge in [-0.2, -0.15) is 0 Å². The number of amides is 1. The molecule has 2 N–H and O–H groups in total. The second-order valence-corrected chi connectivity index (χ2v) is 8.34. The average molecular weight is 509 g/mol. The number of benzene rings is 4. The van der Waals surface area contributed by atoms with E-state index in [1.54, 1.807) is 18.2 Å². The summed E-state index contributed by atoms with van der Waals surface area (Å²) in [7, 11) is 0. The Kier molecular flexibility index (Phi) is 6.16. The van der Waals surface area contributed by atoms with Crippen LogP contribution in [0.15, 0.2) is 65.5 Å². The maximum atomic E-state index is 14.1. The van der Waals surface area contributed by atoms with Crippen LogP contribution in [0.25, 0.3) is 21.8 Å². The van der Waals surface area contributed by atoms with Gasteiger partial charge in [-0.15, -0.1) is 0 Å². The fourth-order valence-electron chi connectivity index (χ4n) is 4.09. The van der Waals surface area contributed by atoms with E-state index in [9.17, 15) is 31.5 Å². The maximum absolute atomic E-state index is 14.1. The molecule has 5 aromatic rings. The normalized spacial score (nSPS) is 11.3. The highest BCUT2D eigenvalue weighted by atomic mass is 19.2. The van der Waals surface area contributed by atoms with Crippen LogP contribution in [0.1, 0.15) is 16.8 Å². The molecule has 1 aromatic heterocycles. The molecule has 5 nitrogen and oxygen atoms in total. The largest absolute Gasteiger partial charge is 0.353 e. The molecule has 0 aliphatic heterocycles. The molecule has 0 saturated heterocycles. The molecule has 0 atom stereocenters. The molecule has 1 amide bonds. The molecule has 4 aromatic carbocycles. The third-order valence-electron chi connectivity index (χ3n) is 5.88. The van der Waals surface area contributed by atoms with Crippen LogP contribution < -0.4 is 10.7 Å². The van der Waals surface area contributed by atoms with Gasteiger partial charge in [0.2, 0.25) is 11.7 Å². The van der Waals surface area contributed by atoms with Crippen LogP contribution in [0.2, 0.25) is 0 Å². The van der Waals surface area contributed by atoms with Crippen LogP contribution in [-0.2, 0) is 17.6 Å². The van der Waals surface area contributed by atoms with Crippen LogP contribution in [0.4, 0.5) is 27.8 Å². The lowest BCUT2D eigenvalue weighted by Gasteiger charge is -2.14. The second kappa shape index (κ2) is 9.45. The standard InChI is InChI=1S/C27H16F5N3O2/c28-21-17(22(29)24(31)25(32)23(21)30)12-20(37)35-27-19(10-13-4-2-1-3-5-13)33-26-16-8-7-15(36)11-14(16)6-9-18(26)34-27/h1-9,11,33H,10,12H2,(H,35,37). The molecule has 0 aliphatic carbocycles. The first-order chi connectivity index (χ1) is 17.7. The fraction of sp³-hybridized carbons (Fsp3) is 0.0741. The quantitative estimate of drug-likeness (QED) is 0.141. The molecular weight excluding hydrogens is 493 g/mol. The van der Waals surface area contributed by atoms with Crippen molar-refractivity contribution < 1.29 is 26.7 Å². The second-order valence-electron chi connectivity index (χ2n) is 8.34. The molecular formula is C27H16F5N3O2. The Morgan fingerprint density at radius 1 is 0.838 bits per heavy atom. The molecule has 186 valence electrons. The molecule has 0 unspecified atom stereocenters. The summed E-state index contributed by atoms with van der Waals surface area (Å²) in [6, 6.07) is 17.0. The Hall–Kier alpha value is -4.60. The van der Waals surface area contributed by atoms with E-state index in [2.05, 4.69) is 15.3 Å². The maximum Gasteiger partial charge on any atom is 0.230 e. The Bertz CT molecular complexity index is 1720. The summed E-state index contributed by atoms with van der Waals surface area (Å²) in [5.74, 6) is -11.7. The number of hydrogen-bond donors (Lipinski definition) is 2. The monoisotopic (exact) mass is 509 g/mol. The number of rotatable bonds is 5. The van der Waals surface area contributed by atoms with Gasteiger partial charge in [0.05, 0.1) is 23.1 Å². The summed E-state index contributed by atoms with van der Waals surface area (Å²) in [5, 5.41) is 3.81. The molecule has 0 spiro atoms.